The van der Waals surface area contributed by atoms with Gasteiger partial charge in [-0.25, -0.2) is 9.38 Å². The summed E-state index contributed by atoms with van der Waals surface area (Å²) in [5.74, 6) is 1.60. The van der Waals surface area contributed by atoms with Crippen LogP contribution >= 0.6 is 0 Å². The number of nitrogens with zero attached hydrogens (tertiary/aromatic N) is 5. The highest BCUT2D eigenvalue weighted by Gasteiger charge is 2.23. The fraction of sp³-hybridized carbons (Fsp3) is 0.250. The highest BCUT2D eigenvalue weighted by atomic mass is 16.1. The van der Waals surface area contributed by atoms with Crippen LogP contribution in [0.3, 0.4) is 0 Å². The van der Waals surface area contributed by atoms with E-state index in [-0.39, 0.29) is 5.56 Å². The lowest BCUT2D eigenvalue weighted by atomic mass is 10.2. The number of fused-ring (bicyclic) bond motifs is 2. The zero-order chi connectivity index (χ0) is 15.3. The molecule has 0 N–H and O–H groups in total. The molecule has 1 aromatic carbocycles. The lowest BCUT2D eigenvalue weighted by molar-refractivity contribution is 0.842. The molecule has 110 valence electrons. The standard InChI is InChI=1S/C16H15N5O/c1-10-9-14(22)21-11(2)18-15(19-16(21)17-10)20-8-7-12-5-3-4-6-13(12)20/h3-6,9H,7-8H2,1-2H3. The van der Waals surface area contributed by atoms with E-state index in [1.807, 2.05) is 12.1 Å². The zero-order valence-corrected chi connectivity index (χ0v) is 12.4. The van der Waals surface area contributed by atoms with Gasteiger partial charge in [0.15, 0.2) is 0 Å². The van der Waals surface area contributed by atoms with E-state index in [0.29, 0.717) is 23.2 Å². The van der Waals surface area contributed by atoms with Crippen LogP contribution < -0.4 is 10.5 Å². The van der Waals surface area contributed by atoms with E-state index in [2.05, 4.69) is 32.0 Å². The van der Waals surface area contributed by atoms with Gasteiger partial charge in [0.05, 0.1) is 0 Å². The van der Waals surface area contributed by atoms with Gasteiger partial charge in [0.2, 0.25) is 11.7 Å². The lowest BCUT2D eigenvalue weighted by Crippen LogP contribution is -2.23. The SMILES string of the molecule is Cc1cc(=O)n2c(C)nc(N3CCc4ccccc43)nc2n1. The highest BCUT2D eigenvalue weighted by molar-refractivity contribution is 5.66. The van der Waals surface area contributed by atoms with E-state index < -0.39 is 0 Å². The van der Waals surface area contributed by atoms with Gasteiger partial charge >= 0.3 is 0 Å². The third-order valence-electron chi connectivity index (χ3n) is 3.94. The molecule has 0 aliphatic carbocycles. The number of para-hydroxylation sites is 1. The summed E-state index contributed by atoms with van der Waals surface area (Å²) >= 11 is 0. The Morgan fingerprint density at radius 3 is 2.77 bits per heavy atom. The van der Waals surface area contributed by atoms with Crippen molar-refractivity contribution in [2.75, 3.05) is 11.4 Å². The minimum absolute atomic E-state index is 0.145. The van der Waals surface area contributed by atoms with Crippen molar-refractivity contribution in [2.24, 2.45) is 0 Å². The van der Waals surface area contributed by atoms with Gasteiger partial charge in [-0.15, -0.1) is 0 Å². The molecule has 0 saturated heterocycles. The average Bonchev–Trinajstić information content (AvgIpc) is 2.89. The molecule has 0 atom stereocenters. The predicted octanol–water partition coefficient (Wildman–Crippen LogP) is 1.80. The lowest BCUT2D eigenvalue weighted by Gasteiger charge is -2.18. The fourth-order valence-corrected chi connectivity index (χ4v) is 2.94. The number of hydrogen-bond donors (Lipinski definition) is 0. The highest BCUT2D eigenvalue weighted by Crippen LogP contribution is 2.32. The molecule has 6 nitrogen and oxygen atoms in total. The van der Waals surface area contributed by atoms with Crippen molar-refractivity contribution in [1.82, 2.24) is 19.4 Å². The van der Waals surface area contributed by atoms with E-state index >= 15 is 0 Å². The molecule has 22 heavy (non-hydrogen) atoms. The minimum Gasteiger partial charge on any atom is -0.310 e. The molecule has 0 amide bonds. The van der Waals surface area contributed by atoms with Crippen molar-refractivity contribution in [3.05, 3.63) is 57.8 Å². The molecule has 6 heteroatoms. The molecule has 1 aliphatic rings. The topological polar surface area (TPSA) is 63.4 Å². The summed E-state index contributed by atoms with van der Waals surface area (Å²) in [7, 11) is 0. The fourth-order valence-electron chi connectivity index (χ4n) is 2.94. The van der Waals surface area contributed by atoms with Crippen molar-refractivity contribution in [3.63, 3.8) is 0 Å². The molecule has 0 saturated carbocycles. The van der Waals surface area contributed by atoms with Crippen LogP contribution in [0.15, 0.2) is 35.1 Å². The third kappa shape index (κ3) is 1.88. The predicted molar refractivity (Wildman–Crippen MR) is 83.7 cm³/mol. The first kappa shape index (κ1) is 12.9. The third-order valence-corrected chi connectivity index (χ3v) is 3.94. The maximum absolute atomic E-state index is 12.1. The van der Waals surface area contributed by atoms with Crippen LogP contribution in [0.2, 0.25) is 0 Å². The van der Waals surface area contributed by atoms with Gasteiger partial charge in [-0.3, -0.25) is 4.79 Å². The first-order valence-corrected chi connectivity index (χ1v) is 7.24. The molecule has 0 fully saturated rings. The van der Waals surface area contributed by atoms with Gasteiger partial charge in [-0.05, 0) is 31.9 Å². The molecule has 3 heterocycles. The first-order valence-electron chi connectivity index (χ1n) is 7.24. The van der Waals surface area contributed by atoms with E-state index in [4.69, 9.17) is 0 Å². The summed E-state index contributed by atoms with van der Waals surface area (Å²) in [6.45, 7) is 4.44. The van der Waals surface area contributed by atoms with Crippen LogP contribution in [0.5, 0.6) is 0 Å². The smallest absolute Gasteiger partial charge is 0.260 e. The number of rotatable bonds is 1. The second kappa shape index (κ2) is 4.62. The maximum Gasteiger partial charge on any atom is 0.260 e. The molecule has 0 spiro atoms. The van der Waals surface area contributed by atoms with Gasteiger partial charge in [0, 0.05) is 24.0 Å². The van der Waals surface area contributed by atoms with Crippen molar-refractivity contribution in [1.29, 1.82) is 0 Å². The number of benzene rings is 1. The van der Waals surface area contributed by atoms with Crippen LogP contribution in [-0.2, 0) is 6.42 Å². The van der Waals surface area contributed by atoms with Gasteiger partial charge < -0.3 is 4.90 Å². The molecule has 0 radical (unpaired) electrons. The quantitative estimate of drug-likeness (QED) is 0.684. The largest absolute Gasteiger partial charge is 0.310 e. The first-order chi connectivity index (χ1) is 10.6. The second-order valence-corrected chi connectivity index (χ2v) is 5.47. The van der Waals surface area contributed by atoms with Gasteiger partial charge in [0.25, 0.3) is 5.56 Å². The van der Waals surface area contributed by atoms with E-state index in [1.54, 1.807) is 13.8 Å². The Bertz CT molecular complexity index is 947. The summed E-state index contributed by atoms with van der Waals surface area (Å²) in [5.41, 5.74) is 2.93. The van der Waals surface area contributed by atoms with Crippen molar-refractivity contribution >= 4 is 17.4 Å². The van der Waals surface area contributed by atoms with Crippen LogP contribution in [0.4, 0.5) is 11.6 Å². The number of aryl methyl sites for hydroxylation is 2. The van der Waals surface area contributed by atoms with Crippen molar-refractivity contribution in [2.45, 2.75) is 20.3 Å². The second-order valence-electron chi connectivity index (χ2n) is 5.47. The molecule has 4 rings (SSSR count). The van der Waals surface area contributed by atoms with Gasteiger partial charge in [0.1, 0.15) is 5.82 Å². The molecule has 0 unspecified atom stereocenters. The van der Waals surface area contributed by atoms with Crippen molar-refractivity contribution in [3.8, 4) is 0 Å². The molecule has 0 bridgehead atoms. The summed E-state index contributed by atoms with van der Waals surface area (Å²) in [4.78, 5) is 27.5. The van der Waals surface area contributed by atoms with Crippen LogP contribution in [0, 0.1) is 13.8 Å². The minimum atomic E-state index is -0.145. The van der Waals surface area contributed by atoms with E-state index in [9.17, 15) is 4.79 Å². The van der Waals surface area contributed by atoms with Gasteiger partial charge in [-0.1, -0.05) is 18.2 Å². The number of hydrogen-bond acceptors (Lipinski definition) is 5. The molecular formula is C16H15N5O. The summed E-state index contributed by atoms with van der Waals surface area (Å²) in [6, 6.07) is 9.74. The molecule has 1 aliphatic heterocycles. The Morgan fingerprint density at radius 2 is 1.91 bits per heavy atom. The van der Waals surface area contributed by atoms with Crippen LogP contribution in [0.25, 0.3) is 5.78 Å². The Labute approximate surface area is 127 Å². The molecule has 2 aromatic heterocycles. The Kier molecular flexibility index (Phi) is 2.72. The summed E-state index contributed by atoms with van der Waals surface area (Å²) < 4.78 is 1.44. The summed E-state index contributed by atoms with van der Waals surface area (Å²) in [5, 5.41) is 0. The maximum atomic E-state index is 12.1. The Balaban J connectivity index is 1.93. The Morgan fingerprint density at radius 1 is 1.09 bits per heavy atom. The van der Waals surface area contributed by atoms with E-state index in [0.717, 1.165) is 18.7 Å². The van der Waals surface area contributed by atoms with Crippen molar-refractivity contribution < 1.29 is 0 Å². The average molecular weight is 293 g/mol. The normalized spacial score (nSPS) is 13.6. The number of anilines is 2. The van der Waals surface area contributed by atoms with Gasteiger partial charge in [-0.2, -0.15) is 9.97 Å². The molecular weight excluding hydrogens is 278 g/mol. The number of aromatic nitrogens is 4. The van der Waals surface area contributed by atoms with Crippen LogP contribution in [-0.4, -0.2) is 25.9 Å². The Hall–Kier alpha value is -2.76. The zero-order valence-electron chi connectivity index (χ0n) is 12.4. The molecule has 3 aromatic rings. The summed E-state index contributed by atoms with van der Waals surface area (Å²) in [6.07, 6.45) is 0.970. The van der Waals surface area contributed by atoms with Crippen LogP contribution in [0.1, 0.15) is 17.1 Å². The monoisotopic (exact) mass is 293 g/mol. The van der Waals surface area contributed by atoms with E-state index in [1.165, 1.54) is 16.0 Å².